The standard InChI is InChI=1S/C9H11Cl2F3N2S/c1-2-3-16(5-9(12,13)14)8-15-7(11)6(4-10)17-8/h2-5H2,1H3. The van der Waals surface area contributed by atoms with Crippen molar-refractivity contribution in [3.05, 3.63) is 10.0 Å². The predicted octanol–water partition coefficient (Wildman–Crippen LogP) is 4.31. The first-order valence-corrected chi connectivity index (χ1v) is 6.63. The van der Waals surface area contributed by atoms with E-state index in [9.17, 15) is 13.2 Å². The van der Waals surface area contributed by atoms with E-state index in [1.165, 1.54) is 4.90 Å². The Morgan fingerprint density at radius 2 is 2.06 bits per heavy atom. The van der Waals surface area contributed by atoms with E-state index >= 15 is 0 Å². The Morgan fingerprint density at radius 3 is 2.47 bits per heavy atom. The Hall–Kier alpha value is -0.200. The van der Waals surface area contributed by atoms with Crippen LogP contribution in [0.1, 0.15) is 18.2 Å². The highest BCUT2D eigenvalue weighted by Crippen LogP contribution is 2.32. The molecule has 0 saturated carbocycles. The van der Waals surface area contributed by atoms with Crippen LogP contribution in [0, 0.1) is 0 Å². The number of rotatable bonds is 5. The van der Waals surface area contributed by atoms with Crippen LogP contribution in [0.15, 0.2) is 0 Å². The van der Waals surface area contributed by atoms with Crippen LogP contribution in [0.2, 0.25) is 5.15 Å². The number of hydrogen-bond donors (Lipinski definition) is 0. The number of aromatic nitrogens is 1. The van der Waals surface area contributed by atoms with Gasteiger partial charge in [-0.3, -0.25) is 0 Å². The lowest BCUT2D eigenvalue weighted by Crippen LogP contribution is -2.34. The monoisotopic (exact) mass is 306 g/mol. The summed E-state index contributed by atoms with van der Waals surface area (Å²) in [7, 11) is 0. The third-order valence-corrected chi connectivity index (χ3v) is 3.86. The van der Waals surface area contributed by atoms with Crippen molar-refractivity contribution in [1.82, 2.24) is 4.98 Å². The van der Waals surface area contributed by atoms with Gasteiger partial charge in [-0.25, -0.2) is 4.98 Å². The number of anilines is 1. The van der Waals surface area contributed by atoms with Crippen LogP contribution >= 0.6 is 34.5 Å². The lowest BCUT2D eigenvalue weighted by atomic mass is 10.4. The SMILES string of the molecule is CCCN(CC(F)(F)F)c1nc(Cl)c(CCl)s1. The van der Waals surface area contributed by atoms with Gasteiger partial charge in [0.25, 0.3) is 0 Å². The highest BCUT2D eigenvalue weighted by atomic mass is 35.5. The van der Waals surface area contributed by atoms with Crippen molar-refractivity contribution < 1.29 is 13.2 Å². The Morgan fingerprint density at radius 1 is 1.41 bits per heavy atom. The van der Waals surface area contributed by atoms with E-state index in [0.717, 1.165) is 11.3 Å². The predicted molar refractivity (Wildman–Crippen MR) is 65.2 cm³/mol. The lowest BCUT2D eigenvalue weighted by molar-refractivity contribution is -0.119. The molecule has 0 aliphatic carbocycles. The summed E-state index contributed by atoms with van der Waals surface area (Å²) >= 11 is 12.5. The topological polar surface area (TPSA) is 16.1 Å². The molecule has 17 heavy (non-hydrogen) atoms. The van der Waals surface area contributed by atoms with Gasteiger partial charge in [-0.15, -0.1) is 11.6 Å². The molecule has 8 heteroatoms. The first kappa shape index (κ1) is 14.9. The van der Waals surface area contributed by atoms with Gasteiger partial charge in [0.15, 0.2) is 5.13 Å². The molecule has 0 radical (unpaired) electrons. The molecule has 0 aliphatic rings. The third-order valence-electron chi connectivity index (χ3n) is 1.89. The van der Waals surface area contributed by atoms with E-state index in [0.29, 0.717) is 11.3 Å². The van der Waals surface area contributed by atoms with Crippen molar-refractivity contribution in [3.8, 4) is 0 Å². The average molecular weight is 307 g/mol. The van der Waals surface area contributed by atoms with Crippen LogP contribution < -0.4 is 4.90 Å². The lowest BCUT2D eigenvalue weighted by Gasteiger charge is -2.22. The fourth-order valence-electron chi connectivity index (χ4n) is 1.27. The number of nitrogens with zero attached hydrogens (tertiary/aromatic N) is 2. The van der Waals surface area contributed by atoms with E-state index in [-0.39, 0.29) is 22.7 Å². The molecule has 0 spiro atoms. The van der Waals surface area contributed by atoms with E-state index in [4.69, 9.17) is 23.2 Å². The Kier molecular flexibility index (Phi) is 5.34. The quantitative estimate of drug-likeness (QED) is 0.753. The summed E-state index contributed by atoms with van der Waals surface area (Å²) in [5.41, 5.74) is 0. The van der Waals surface area contributed by atoms with E-state index in [1.807, 2.05) is 0 Å². The van der Waals surface area contributed by atoms with Gasteiger partial charge in [0.2, 0.25) is 0 Å². The molecule has 0 aromatic carbocycles. The highest BCUT2D eigenvalue weighted by molar-refractivity contribution is 7.16. The molecular formula is C9H11Cl2F3N2S. The average Bonchev–Trinajstić information content (AvgIpc) is 2.57. The minimum absolute atomic E-state index is 0.155. The maximum absolute atomic E-state index is 12.4. The van der Waals surface area contributed by atoms with Crippen LogP contribution in [-0.4, -0.2) is 24.2 Å². The van der Waals surface area contributed by atoms with Crippen molar-refractivity contribution in [2.45, 2.75) is 25.4 Å². The molecule has 0 aliphatic heterocycles. The third kappa shape index (κ3) is 4.52. The van der Waals surface area contributed by atoms with Crippen LogP contribution in [0.4, 0.5) is 18.3 Å². The zero-order valence-corrected chi connectivity index (χ0v) is 11.3. The zero-order valence-electron chi connectivity index (χ0n) is 9.02. The maximum Gasteiger partial charge on any atom is 0.406 e. The van der Waals surface area contributed by atoms with Crippen LogP contribution in [0.5, 0.6) is 0 Å². The molecule has 0 saturated heterocycles. The summed E-state index contributed by atoms with van der Waals surface area (Å²) in [6, 6.07) is 0. The molecule has 0 atom stereocenters. The molecule has 0 unspecified atom stereocenters. The first-order valence-electron chi connectivity index (χ1n) is 4.90. The van der Waals surface area contributed by atoms with Gasteiger partial charge in [0.1, 0.15) is 11.7 Å². The number of halogens is 5. The summed E-state index contributed by atoms with van der Waals surface area (Å²) < 4.78 is 37.1. The smallest absolute Gasteiger partial charge is 0.339 e. The fraction of sp³-hybridized carbons (Fsp3) is 0.667. The Labute approximate surface area is 111 Å². The number of hydrogen-bond acceptors (Lipinski definition) is 3. The fourth-order valence-corrected chi connectivity index (χ4v) is 2.77. The van der Waals surface area contributed by atoms with Crippen LogP contribution in [0.3, 0.4) is 0 Å². The van der Waals surface area contributed by atoms with Crippen molar-refractivity contribution in [2.24, 2.45) is 0 Å². The van der Waals surface area contributed by atoms with Gasteiger partial charge in [0, 0.05) is 6.54 Å². The van der Waals surface area contributed by atoms with Gasteiger partial charge in [-0.05, 0) is 6.42 Å². The van der Waals surface area contributed by atoms with Crippen molar-refractivity contribution in [1.29, 1.82) is 0 Å². The minimum atomic E-state index is -4.26. The number of alkyl halides is 4. The summed E-state index contributed by atoms with van der Waals surface area (Å²) in [6.45, 7) is 1.07. The zero-order chi connectivity index (χ0) is 13.1. The molecule has 98 valence electrons. The molecule has 2 nitrogen and oxygen atoms in total. The molecule has 0 fully saturated rings. The molecule has 0 bridgehead atoms. The first-order chi connectivity index (χ1) is 7.87. The second-order valence-corrected chi connectivity index (χ2v) is 5.07. The minimum Gasteiger partial charge on any atom is -0.339 e. The molecule has 1 aromatic heterocycles. The Bertz CT molecular complexity index is 368. The van der Waals surface area contributed by atoms with Gasteiger partial charge in [0.05, 0.1) is 10.8 Å². The molecule has 0 N–H and O–H groups in total. The summed E-state index contributed by atoms with van der Waals surface area (Å²) in [5.74, 6) is 0.155. The summed E-state index contributed by atoms with van der Waals surface area (Å²) in [6.07, 6.45) is -3.65. The highest BCUT2D eigenvalue weighted by Gasteiger charge is 2.32. The van der Waals surface area contributed by atoms with E-state index in [2.05, 4.69) is 4.98 Å². The van der Waals surface area contributed by atoms with E-state index in [1.54, 1.807) is 6.92 Å². The molecule has 0 amide bonds. The van der Waals surface area contributed by atoms with Crippen molar-refractivity contribution >= 4 is 39.7 Å². The maximum atomic E-state index is 12.4. The molecular weight excluding hydrogens is 296 g/mol. The molecule has 1 aromatic rings. The van der Waals surface area contributed by atoms with Crippen molar-refractivity contribution in [3.63, 3.8) is 0 Å². The normalized spacial score (nSPS) is 11.9. The van der Waals surface area contributed by atoms with E-state index < -0.39 is 12.7 Å². The second kappa shape index (κ2) is 6.11. The summed E-state index contributed by atoms with van der Waals surface area (Å²) in [4.78, 5) is 5.67. The second-order valence-electron chi connectivity index (χ2n) is 3.38. The van der Waals surface area contributed by atoms with Crippen molar-refractivity contribution in [2.75, 3.05) is 18.0 Å². The Balaban J connectivity index is 2.89. The van der Waals surface area contributed by atoms with Crippen LogP contribution in [0.25, 0.3) is 0 Å². The van der Waals surface area contributed by atoms with Gasteiger partial charge in [-0.1, -0.05) is 29.9 Å². The largest absolute Gasteiger partial charge is 0.406 e. The molecule has 1 heterocycles. The molecule has 1 rings (SSSR count). The van der Waals surface area contributed by atoms with Gasteiger partial charge >= 0.3 is 6.18 Å². The number of thiazole rings is 1. The van der Waals surface area contributed by atoms with Crippen LogP contribution in [-0.2, 0) is 5.88 Å². The summed E-state index contributed by atoms with van der Waals surface area (Å²) in [5, 5.41) is 0.452. The van der Waals surface area contributed by atoms with Gasteiger partial charge < -0.3 is 4.90 Å². The van der Waals surface area contributed by atoms with Gasteiger partial charge in [-0.2, -0.15) is 13.2 Å².